The van der Waals surface area contributed by atoms with Crippen LogP contribution in [0.2, 0.25) is 0 Å². The fraction of sp³-hybridized carbons (Fsp3) is 0.286. The van der Waals surface area contributed by atoms with Gasteiger partial charge < -0.3 is 9.84 Å². The lowest BCUT2D eigenvalue weighted by atomic mass is 10.1. The summed E-state index contributed by atoms with van der Waals surface area (Å²) in [5, 5.41) is 13.5. The first-order valence-electron chi connectivity index (χ1n) is 6.00. The molecule has 2 rings (SSSR count). The minimum atomic E-state index is -0.955. The Morgan fingerprint density at radius 2 is 1.95 bits per heavy atom. The predicted molar refractivity (Wildman–Crippen MR) is 71.2 cm³/mol. The number of aromatic nitrogens is 2. The number of ether oxygens (including phenoxy) is 1. The molecule has 0 saturated heterocycles. The van der Waals surface area contributed by atoms with Crippen molar-refractivity contribution in [3.8, 4) is 11.4 Å². The molecule has 0 spiro atoms. The SMILES string of the molecule is COc1ccc(-n2cc(C(=O)O)c(C(C)C)n2)cc1. The highest BCUT2D eigenvalue weighted by Crippen LogP contribution is 2.21. The van der Waals surface area contributed by atoms with Crippen LogP contribution in [0.15, 0.2) is 30.5 Å². The van der Waals surface area contributed by atoms with Gasteiger partial charge in [0.1, 0.15) is 11.3 Å². The lowest BCUT2D eigenvalue weighted by molar-refractivity contribution is 0.0695. The van der Waals surface area contributed by atoms with Crippen LogP contribution in [0.1, 0.15) is 35.8 Å². The highest BCUT2D eigenvalue weighted by atomic mass is 16.5. The zero-order valence-electron chi connectivity index (χ0n) is 11.1. The van der Waals surface area contributed by atoms with Crippen LogP contribution in [-0.4, -0.2) is 28.0 Å². The molecule has 5 heteroatoms. The number of hydrogen-bond acceptors (Lipinski definition) is 3. The van der Waals surface area contributed by atoms with Gasteiger partial charge in [0, 0.05) is 6.20 Å². The minimum Gasteiger partial charge on any atom is -0.497 e. The summed E-state index contributed by atoms with van der Waals surface area (Å²) in [6, 6.07) is 7.29. The number of benzene rings is 1. The summed E-state index contributed by atoms with van der Waals surface area (Å²) >= 11 is 0. The molecule has 1 aromatic carbocycles. The van der Waals surface area contributed by atoms with Crippen molar-refractivity contribution in [1.29, 1.82) is 0 Å². The molecular formula is C14H16N2O3. The smallest absolute Gasteiger partial charge is 0.339 e. The van der Waals surface area contributed by atoms with Gasteiger partial charge in [0.15, 0.2) is 0 Å². The third kappa shape index (κ3) is 2.59. The van der Waals surface area contributed by atoms with Gasteiger partial charge >= 0.3 is 5.97 Å². The number of carboxylic acids is 1. The molecule has 0 atom stereocenters. The lowest BCUT2D eigenvalue weighted by Crippen LogP contribution is -2.01. The maximum absolute atomic E-state index is 11.2. The maximum Gasteiger partial charge on any atom is 0.339 e. The topological polar surface area (TPSA) is 64.3 Å². The van der Waals surface area contributed by atoms with Gasteiger partial charge in [-0.1, -0.05) is 13.8 Å². The number of carboxylic acid groups (broad SMARTS) is 1. The Labute approximate surface area is 111 Å². The summed E-state index contributed by atoms with van der Waals surface area (Å²) in [5.74, 6) is -0.146. The number of hydrogen-bond donors (Lipinski definition) is 1. The first-order valence-corrected chi connectivity index (χ1v) is 6.00. The molecule has 100 valence electrons. The molecule has 0 aliphatic carbocycles. The van der Waals surface area contributed by atoms with Crippen LogP contribution in [0, 0.1) is 0 Å². The summed E-state index contributed by atoms with van der Waals surface area (Å²) in [4.78, 5) is 11.2. The van der Waals surface area contributed by atoms with Crippen molar-refractivity contribution in [2.45, 2.75) is 19.8 Å². The van der Waals surface area contributed by atoms with E-state index in [1.165, 1.54) is 0 Å². The molecule has 0 radical (unpaired) electrons. The maximum atomic E-state index is 11.2. The van der Waals surface area contributed by atoms with Gasteiger partial charge in [-0.05, 0) is 30.2 Å². The standard InChI is InChI=1S/C14H16N2O3/c1-9(2)13-12(14(17)18)8-16(15-13)10-4-6-11(19-3)7-5-10/h4-9H,1-3H3,(H,17,18). The Bertz CT molecular complexity index is 585. The first-order chi connectivity index (χ1) is 9.02. The van der Waals surface area contributed by atoms with E-state index in [4.69, 9.17) is 4.74 Å². The van der Waals surface area contributed by atoms with E-state index in [9.17, 15) is 9.90 Å². The van der Waals surface area contributed by atoms with Gasteiger partial charge in [-0.2, -0.15) is 5.10 Å². The molecule has 0 bridgehead atoms. The van der Waals surface area contributed by atoms with Crippen molar-refractivity contribution in [2.75, 3.05) is 7.11 Å². The molecule has 0 saturated carbocycles. The van der Waals surface area contributed by atoms with Gasteiger partial charge in [-0.3, -0.25) is 0 Å². The molecule has 0 aliphatic rings. The Morgan fingerprint density at radius 3 is 2.37 bits per heavy atom. The zero-order chi connectivity index (χ0) is 14.0. The molecule has 0 amide bonds. The van der Waals surface area contributed by atoms with E-state index in [-0.39, 0.29) is 11.5 Å². The van der Waals surface area contributed by atoms with Gasteiger partial charge in [0.2, 0.25) is 0 Å². The average molecular weight is 260 g/mol. The second kappa shape index (κ2) is 5.14. The van der Waals surface area contributed by atoms with Gasteiger partial charge in [0.25, 0.3) is 0 Å². The van der Waals surface area contributed by atoms with E-state index in [1.807, 2.05) is 38.1 Å². The van der Waals surface area contributed by atoms with Crippen LogP contribution in [0.5, 0.6) is 5.75 Å². The number of aromatic carboxylic acids is 1. The van der Waals surface area contributed by atoms with Crippen molar-refractivity contribution < 1.29 is 14.6 Å². The lowest BCUT2D eigenvalue weighted by Gasteiger charge is -2.03. The van der Waals surface area contributed by atoms with Crippen molar-refractivity contribution in [3.63, 3.8) is 0 Å². The van der Waals surface area contributed by atoms with Crippen molar-refractivity contribution in [2.24, 2.45) is 0 Å². The summed E-state index contributed by atoms with van der Waals surface area (Å²) < 4.78 is 6.67. The molecule has 2 aromatic rings. The number of rotatable bonds is 4. The van der Waals surface area contributed by atoms with Crippen molar-refractivity contribution in [3.05, 3.63) is 41.7 Å². The van der Waals surface area contributed by atoms with Crippen LogP contribution in [0.3, 0.4) is 0 Å². The van der Waals surface area contributed by atoms with E-state index >= 15 is 0 Å². The molecule has 0 unspecified atom stereocenters. The third-order valence-corrected chi connectivity index (χ3v) is 2.86. The fourth-order valence-corrected chi connectivity index (χ4v) is 1.85. The Morgan fingerprint density at radius 1 is 1.32 bits per heavy atom. The van der Waals surface area contributed by atoms with Crippen LogP contribution in [0.25, 0.3) is 5.69 Å². The molecule has 5 nitrogen and oxygen atoms in total. The van der Waals surface area contributed by atoms with Crippen LogP contribution in [-0.2, 0) is 0 Å². The van der Waals surface area contributed by atoms with Crippen LogP contribution in [0.4, 0.5) is 0 Å². The molecule has 0 aliphatic heterocycles. The van der Waals surface area contributed by atoms with E-state index in [0.717, 1.165) is 11.4 Å². The van der Waals surface area contributed by atoms with Crippen molar-refractivity contribution >= 4 is 5.97 Å². The average Bonchev–Trinajstić information content (AvgIpc) is 2.84. The van der Waals surface area contributed by atoms with Crippen molar-refractivity contribution in [1.82, 2.24) is 9.78 Å². The Balaban J connectivity index is 2.44. The van der Waals surface area contributed by atoms with E-state index in [1.54, 1.807) is 18.0 Å². The van der Waals surface area contributed by atoms with E-state index < -0.39 is 5.97 Å². The highest BCUT2D eigenvalue weighted by molar-refractivity contribution is 5.89. The quantitative estimate of drug-likeness (QED) is 0.918. The Hall–Kier alpha value is -2.30. The van der Waals surface area contributed by atoms with Gasteiger partial charge in [0.05, 0.1) is 18.5 Å². The van der Waals surface area contributed by atoms with Crippen LogP contribution >= 0.6 is 0 Å². The molecule has 19 heavy (non-hydrogen) atoms. The largest absolute Gasteiger partial charge is 0.497 e. The second-order valence-electron chi connectivity index (χ2n) is 4.53. The van der Waals surface area contributed by atoms with Crippen LogP contribution < -0.4 is 4.74 Å². The zero-order valence-corrected chi connectivity index (χ0v) is 11.1. The van der Waals surface area contributed by atoms with Gasteiger partial charge in [-0.15, -0.1) is 0 Å². The molecule has 0 fully saturated rings. The summed E-state index contributed by atoms with van der Waals surface area (Å²) in [5.41, 5.74) is 1.63. The number of methoxy groups -OCH3 is 1. The molecule has 1 heterocycles. The summed E-state index contributed by atoms with van der Waals surface area (Å²) in [6.45, 7) is 3.85. The fourth-order valence-electron chi connectivity index (χ4n) is 1.85. The Kier molecular flexibility index (Phi) is 3.55. The molecule has 1 N–H and O–H groups in total. The second-order valence-corrected chi connectivity index (χ2v) is 4.53. The number of nitrogens with zero attached hydrogens (tertiary/aromatic N) is 2. The van der Waals surface area contributed by atoms with Gasteiger partial charge in [-0.25, -0.2) is 9.48 Å². The summed E-state index contributed by atoms with van der Waals surface area (Å²) in [6.07, 6.45) is 1.54. The first kappa shape index (κ1) is 13.1. The molecular weight excluding hydrogens is 244 g/mol. The predicted octanol–water partition coefficient (Wildman–Crippen LogP) is 2.70. The molecule has 1 aromatic heterocycles. The third-order valence-electron chi connectivity index (χ3n) is 2.86. The monoisotopic (exact) mass is 260 g/mol. The minimum absolute atomic E-state index is 0.0607. The summed E-state index contributed by atoms with van der Waals surface area (Å²) in [7, 11) is 1.60. The number of carbonyl (C=O) groups is 1. The highest BCUT2D eigenvalue weighted by Gasteiger charge is 2.18. The van der Waals surface area contributed by atoms with E-state index in [2.05, 4.69) is 5.10 Å². The van der Waals surface area contributed by atoms with E-state index in [0.29, 0.717) is 5.69 Å². The normalized spacial score (nSPS) is 10.7.